The molecule has 0 aliphatic carbocycles. The van der Waals surface area contributed by atoms with Crippen LogP contribution in [0.1, 0.15) is 11.1 Å². The number of barbiturate groups is 1. The largest absolute Gasteiger partial charge is 0.496 e. The Labute approximate surface area is 158 Å². The zero-order chi connectivity index (χ0) is 18.8. The number of urea groups is 1. The fraction of sp³-hybridized carbons (Fsp3) is 0.105. The van der Waals surface area contributed by atoms with E-state index >= 15 is 0 Å². The van der Waals surface area contributed by atoms with Crippen LogP contribution in [0.15, 0.2) is 52.5 Å². The second-order valence-corrected chi connectivity index (χ2v) is 6.49. The van der Waals surface area contributed by atoms with Gasteiger partial charge in [0.2, 0.25) is 0 Å². The highest BCUT2D eigenvalue weighted by atomic mass is 79.9. The van der Waals surface area contributed by atoms with E-state index in [4.69, 9.17) is 4.74 Å². The third kappa shape index (κ3) is 3.25. The molecule has 1 aliphatic rings. The maximum atomic E-state index is 12.9. The average Bonchev–Trinajstić information content (AvgIpc) is 2.60. The zero-order valence-electron chi connectivity index (χ0n) is 14.1. The molecule has 0 unspecified atom stereocenters. The van der Waals surface area contributed by atoms with Crippen LogP contribution in [-0.2, 0) is 9.59 Å². The van der Waals surface area contributed by atoms with Gasteiger partial charge in [-0.1, -0.05) is 24.3 Å². The molecule has 1 heterocycles. The Balaban J connectivity index is 2.03. The summed E-state index contributed by atoms with van der Waals surface area (Å²) in [6.45, 7) is 1.79. The van der Waals surface area contributed by atoms with E-state index < -0.39 is 17.8 Å². The number of nitrogens with zero attached hydrogens (tertiary/aromatic N) is 1. The average molecular weight is 415 g/mol. The number of benzene rings is 2. The summed E-state index contributed by atoms with van der Waals surface area (Å²) in [5.74, 6) is -0.764. The fourth-order valence-electron chi connectivity index (χ4n) is 2.63. The summed E-state index contributed by atoms with van der Waals surface area (Å²) in [5, 5.41) is 2.22. The molecule has 3 rings (SSSR count). The molecule has 0 bridgehead atoms. The van der Waals surface area contributed by atoms with E-state index in [0.717, 1.165) is 10.5 Å². The van der Waals surface area contributed by atoms with Crippen LogP contribution in [0.2, 0.25) is 0 Å². The second-order valence-electron chi connectivity index (χ2n) is 5.64. The Hall–Kier alpha value is -2.93. The molecule has 6 nitrogen and oxygen atoms in total. The Morgan fingerprint density at radius 1 is 1.12 bits per heavy atom. The van der Waals surface area contributed by atoms with Gasteiger partial charge in [0.15, 0.2) is 0 Å². The number of halogens is 1. The normalized spacial score (nSPS) is 16.0. The molecule has 2 aromatic rings. The number of hydrogen-bond donors (Lipinski definition) is 1. The van der Waals surface area contributed by atoms with E-state index in [-0.39, 0.29) is 5.57 Å². The molecule has 0 aromatic heterocycles. The molecule has 2 aromatic carbocycles. The van der Waals surface area contributed by atoms with Crippen molar-refractivity contribution >= 4 is 45.5 Å². The molecular weight excluding hydrogens is 400 g/mol. The molecule has 1 N–H and O–H groups in total. The molecule has 0 spiro atoms. The van der Waals surface area contributed by atoms with E-state index in [0.29, 0.717) is 21.5 Å². The molecule has 0 atom stereocenters. The number of anilines is 1. The molecule has 0 saturated carbocycles. The van der Waals surface area contributed by atoms with E-state index in [9.17, 15) is 14.4 Å². The molecular formula is C19H15BrN2O4. The quantitative estimate of drug-likeness (QED) is 0.616. The smallest absolute Gasteiger partial charge is 0.335 e. The van der Waals surface area contributed by atoms with Gasteiger partial charge < -0.3 is 4.74 Å². The first kappa shape index (κ1) is 17.9. The zero-order valence-corrected chi connectivity index (χ0v) is 15.7. The van der Waals surface area contributed by atoms with Gasteiger partial charge in [-0.15, -0.1) is 0 Å². The predicted molar refractivity (Wildman–Crippen MR) is 101 cm³/mol. The molecule has 1 fully saturated rings. The van der Waals surface area contributed by atoms with E-state index in [1.165, 1.54) is 6.08 Å². The first-order chi connectivity index (χ1) is 12.4. The Morgan fingerprint density at radius 3 is 2.50 bits per heavy atom. The van der Waals surface area contributed by atoms with Crippen molar-refractivity contribution in [1.29, 1.82) is 0 Å². The Kier molecular flexibility index (Phi) is 4.90. The Morgan fingerprint density at radius 2 is 1.85 bits per heavy atom. The number of aryl methyl sites for hydroxylation is 1. The number of nitrogens with one attached hydrogen (secondary N) is 1. The maximum Gasteiger partial charge on any atom is 0.335 e. The molecule has 4 amide bonds. The van der Waals surface area contributed by atoms with Crippen LogP contribution in [0.5, 0.6) is 5.75 Å². The first-order valence-corrected chi connectivity index (χ1v) is 8.52. The van der Waals surface area contributed by atoms with E-state index in [1.54, 1.807) is 50.4 Å². The van der Waals surface area contributed by atoms with Gasteiger partial charge in [-0.05, 0) is 58.3 Å². The molecule has 132 valence electrons. The molecule has 7 heteroatoms. The third-order valence-corrected chi connectivity index (χ3v) is 4.56. The van der Waals surface area contributed by atoms with Gasteiger partial charge in [-0.2, -0.15) is 0 Å². The number of imide groups is 2. The van der Waals surface area contributed by atoms with Crippen LogP contribution < -0.4 is 15.0 Å². The van der Waals surface area contributed by atoms with Gasteiger partial charge in [0.05, 0.1) is 17.3 Å². The van der Waals surface area contributed by atoms with E-state index in [2.05, 4.69) is 21.2 Å². The molecule has 1 saturated heterocycles. The summed E-state index contributed by atoms with van der Waals surface area (Å²) in [6, 6.07) is 11.4. The topological polar surface area (TPSA) is 75.7 Å². The number of hydrogen-bond acceptors (Lipinski definition) is 4. The van der Waals surface area contributed by atoms with Gasteiger partial charge in [0, 0.05) is 0 Å². The van der Waals surface area contributed by atoms with Crippen molar-refractivity contribution in [3.63, 3.8) is 0 Å². The van der Waals surface area contributed by atoms with Gasteiger partial charge in [-0.3, -0.25) is 14.9 Å². The summed E-state index contributed by atoms with van der Waals surface area (Å²) < 4.78 is 5.85. The monoisotopic (exact) mass is 414 g/mol. The number of para-hydroxylation sites is 1. The molecule has 1 aliphatic heterocycles. The van der Waals surface area contributed by atoms with Gasteiger partial charge >= 0.3 is 6.03 Å². The van der Waals surface area contributed by atoms with Crippen LogP contribution >= 0.6 is 15.9 Å². The lowest BCUT2D eigenvalue weighted by Gasteiger charge is -2.27. The van der Waals surface area contributed by atoms with Crippen molar-refractivity contribution in [2.24, 2.45) is 0 Å². The fourth-order valence-corrected chi connectivity index (χ4v) is 3.19. The lowest BCUT2D eigenvalue weighted by Crippen LogP contribution is -2.54. The van der Waals surface area contributed by atoms with Crippen molar-refractivity contribution in [2.75, 3.05) is 12.0 Å². The third-order valence-electron chi connectivity index (χ3n) is 3.94. The van der Waals surface area contributed by atoms with Crippen LogP contribution in [-0.4, -0.2) is 25.0 Å². The highest BCUT2D eigenvalue weighted by Crippen LogP contribution is 2.28. The van der Waals surface area contributed by atoms with Gasteiger partial charge in [-0.25, -0.2) is 9.69 Å². The van der Waals surface area contributed by atoms with Crippen LogP contribution in [0.4, 0.5) is 10.5 Å². The molecule has 26 heavy (non-hydrogen) atoms. The number of carbonyl (C=O) groups excluding carboxylic acids is 3. The summed E-state index contributed by atoms with van der Waals surface area (Å²) in [4.78, 5) is 38.3. The predicted octanol–water partition coefficient (Wildman–Crippen LogP) is 3.43. The lowest BCUT2D eigenvalue weighted by molar-refractivity contribution is -0.122. The Bertz CT molecular complexity index is 952. The molecule has 0 radical (unpaired) electrons. The van der Waals surface area contributed by atoms with Crippen LogP contribution in [0.3, 0.4) is 0 Å². The number of amides is 4. The SMILES string of the molecule is COc1ccc(/C=C2\C(=O)NC(=O)N(c3ccccc3C)C2=O)cc1Br. The van der Waals surface area contributed by atoms with Crippen molar-refractivity contribution in [3.05, 3.63) is 63.6 Å². The van der Waals surface area contributed by atoms with Crippen LogP contribution in [0, 0.1) is 6.92 Å². The summed E-state index contributed by atoms with van der Waals surface area (Å²) in [7, 11) is 1.54. The van der Waals surface area contributed by atoms with Gasteiger partial charge in [0.1, 0.15) is 11.3 Å². The minimum absolute atomic E-state index is 0.120. The highest BCUT2D eigenvalue weighted by Gasteiger charge is 2.37. The maximum absolute atomic E-state index is 12.9. The summed E-state index contributed by atoms with van der Waals surface area (Å²) >= 11 is 3.37. The van der Waals surface area contributed by atoms with E-state index in [1.807, 2.05) is 6.07 Å². The number of methoxy groups -OCH3 is 1. The van der Waals surface area contributed by atoms with Crippen molar-refractivity contribution < 1.29 is 19.1 Å². The number of carbonyl (C=O) groups is 3. The van der Waals surface area contributed by atoms with Crippen LogP contribution in [0.25, 0.3) is 6.08 Å². The second kappa shape index (κ2) is 7.13. The highest BCUT2D eigenvalue weighted by molar-refractivity contribution is 9.10. The number of rotatable bonds is 3. The van der Waals surface area contributed by atoms with Crippen molar-refractivity contribution in [1.82, 2.24) is 5.32 Å². The summed E-state index contributed by atoms with van der Waals surface area (Å²) in [5.41, 5.74) is 1.68. The van der Waals surface area contributed by atoms with Gasteiger partial charge in [0.25, 0.3) is 11.8 Å². The minimum atomic E-state index is -0.762. The van der Waals surface area contributed by atoms with Crippen molar-refractivity contribution in [3.8, 4) is 5.75 Å². The first-order valence-electron chi connectivity index (χ1n) is 7.73. The van der Waals surface area contributed by atoms with Crippen molar-refractivity contribution in [2.45, 2.75) is 6.92 Å². The lowest BCUT2D eigenvalue weighted by atomic mass is 10.1. The number of ether oxygens (including phenoxy) is 1. The standard InChI is InChI=1S/C19H15BrN2O4/c1-11-5-3-4-6-15(11)22-18(24)13(17(23)21-19(22)25)9-12-7-8-16(26-2)14(20)10-12/h3-10H,1-2H3,(H,21,23,25)/b13-9+. The minimum Gasteiger partial charge on any atom is -0.496 e. The summed E-state index contributed by atoms with van der Waals surface area (Å²) in [6.07, 6.45) is 1.44.